The molecule has 6 fully saturated rings. The summed E-state index contributed by atoms with van der Waals surface area (Å²) in [5.74, 6) is 3.50. The lowest BCUT2D eigenvalue weighted by atomic mass is 9.44. The van der Waals surface area contributed by atoms with E-state index in [1.165, 1.54) is 44.9 Å². The van der Waals surface area contributed by atoms with Crippen LogP contribution in [0.15, 0.2) is 0 Å². The van der Waals surface area contributed by atoms with E-state index in [1.54, 1.807) is 0 Å². The van der Waals surface area contributed by atoms with Gasteiger partial charge in [0.2, 0.25) is 0 Å². The molecule has 0 aromatic carbocycles. The molecule has 5 aliphatic carbocycles. The Bertz CT molecular complexity index is 870. The molecule has 0 aromatic heterocycles. The Balaban J connectivity index is 1.24. The number of Topliss-reactive ketones (excluding diaryl/α,β-unsaturated/α-hetero) is 1. The number of ether oxygens (including phenoxy) is 2. The Morgan fingerprint density at radius 1 is 1.00 bits per heavy atom. The van der Waals surface area contributed by atoms with Crippen molar-refractivity contribution in [2.75, 3.05) is 13.2 Å². The van der Waals surface area contributed by atoms with Gasteiger partial charge in [-0.1, -0.05) is 41.5 Å². The van der Waals surface area contributed by atoms with Crippen LogP contribution in [0.4, 0.5) is 0 Å². The standard InChI is InChI=1S/C30H48O3/c1-18(2)19(3)15-26(31)20(4)23-7-8-24-22-17-30(32-13-14-33-30)29-16-21(29)9-12-28(29,6)25(22)10-11-27(23,24)5/h18-25H,7-17H2,1-6H3/t19-,20+,21-,22+,23-,24+,25+,27-,28-,29-/m1/s1/i1D2/t18?,19-,20+,21-,22+,23-,24+,25+,27-,28-,29-. The smallest absolute Gasteiger partial charge is 0.175 e. The Kier molecular flexibility index (Phi) is 4.60. The third kappa shape index (κ3) is 2.79. The summed E-state index contributed by atoms with van der Waals surface area (Å²) in [5.41, 5.74) is 0.841. The van der Waals surface area contributed by atoms with Crippen LogP contribution >= 0.6 is 0 Å². The van der Waals surface area contributed by atoms with Crippen molar-refractivity contribution in [2.45, 2.75) is 105 Å². The predicted octanol–water partition coefficient (Wildman–Crippen LogP) is 6.89. The highest BCUT2D eigenvalue weighted by Gasteiger charge is 2.83. The van der Waals surface area contributed by atoms with E-state index in [-0.39, 0.29) is 34.4 Å². The van der Waals surface area contributed by atoms with Crippen molar-refractivity contribution in [2.24, 2.45) is 63.6 Å². The average molecular weight is 459 g/mol. The summed E-state index contributed by atoms with van der Waals surface area (Å²) in [6.07, 6.45) is 10.6. The molecule has 33 heavy (non-hydrogen) atoms. The molecule has 6 rings (SSSR count). The van der Waals surface area contributed by atoms with E-state index < -0.39 is 6.88 Å². The minimum Gasteiger partial charge on any atom is -0.347 e. The van der Waals surface area contributed by atoms with Crippen LogP contribution in [0.3, 0.4) is 0 Å². The fourth-order valence-electron chi connectivity index (χ4n) is 11.0. The first-order chi connectivity index (χ1) is 16.5. The van der Waals surface area contributed by atoms with Crippen molar-refractivity contribution in [3.8, 4) is 0 Å². The maximum absolute atomic E-state index is 13.5. The lowest BCUT2D eigenvalue weighted by Gasteiger charge is -2.63. The first-order valence-corrected chi connectivity index (χ1v) is 14.2. The molecule has 6 aliphatic rings. The van der Waals surface area contributed by atoms with Gasteiger partial charge in [0.25, 0.3) is 0 Å². The van der Waals surface area contributed by atoms with Crippen molar-refractivity contribution >= 4 is 5.78 Å². The van der Waals surface area contributed by atoms with Gasteiger partial charge in [-0.25, -0.2) is 0 Å². The van der Waals surface area contributed by atoms with E-state index >= 15 is 0 Å². The summed E-state index contributed by atoms with van der Waals surface area (Å²) in [6, 6.07) is 0. The van der Waals surface area contributed by atoms with E-state index in [4.69, 9.17) is 12.2 Å². The van der Waals surface area contributed by atoms with Crippen LogP contribution in [0, 0.1) is 63.6 Å². The molecule has 2 spiro atoms. The largest absolute Gasteiger partial charge is 0.347 e. The highest BCUT2D eigenvalue weighted by molar-refractivity contribution is 5.81. The fraction of sp³-hybridized carbons (Fsp3) is 0.967. The van der Waals surface area contributed by atoms with E-state index in [0.717, 1.165) is 31.5 Å². The first kappa shape index (κ1) is 20.7. The number of carbonyl (C=O) groups excluding carboxylic acids is 1. The number of rotatable bonds is 5. The molecule has 1 aliphatic heterocycles. The molecule has 1 heterocycles. The Morgan fingerprint density at radius 3 is 2.45 bits per heavy atom. The molecule has 3 nitrogen and oxygen atoms in total. The maximum atomic E-state index is 13.5. The molecule has 1 saturated heterocycles. The molecule has 0 radical (unpaired) electrons. The molecule has 0 N–H and O–H groups in total. The van der Waals surface area contributed by atoms with Crippen molar-refractivity contribution in [1.29, 1.82) is 0 Å². The molecule has 186 valence electrons. The second-order valence-electron chi connectivity index (χ2n) is 13.9. The highest BCUT2D eigenvalue weighted by Crippen LogP contribution is 2.85. The highest BCUT2D eigenvalue weighted by atomic mass is 16.7. The van der Waals surface area contributed by atoms with E-state index in [0.29, 0.717) is 35.4 Å². The topological polar surface area (TPSA) is 35.5 Å². The molecule has 1 unspecified atom stereocenters. The number of hydrogen-bond donors (Lipinski definition) is 0. The van der Waals surface area contributed by atoms with Crippen LogP contribution in [0.2, 0.25) is 0 Å². The van der Waals surface area contributed by atoms with Crippen molar-refractivity contribution in [3.63, 3.8) is 0 Å². The minimum absolute atomic E-state index is 0.0657. The Labute approximate surface area is 204 Å². The summed E-state index contributed by atoms with van der Waals surface area (Å²) in [5, 5.41) is 0. The van der Waals surface area contributed by atoms with Gasteiger partial charge in [0, 0.05) is 26.9 Å². The van der Waals surface area contributed by atoms with Crippen LogP contribution in [0.1, 0.15) is 102 Å². The zero-order chi connectivity index (χ0) is 25.0. The second-order valence-corrected chi connectivity index (χ2v) is 13.9. The van der Waals surface area contributed by atoms with Gasteiger partial charge < -0.3 is 9.47 Å². The lowest BCUT2D eigenvalue weighted by molar-refractivity contribution is -0.294. The summed E-state index contributed by atoms with van der Waals surface area (Å²) >= 11 is 0. The number of fused-ring (bicyclic) bond motifs is 4. The number of hydrogen-bond acceptors (Lipinski definition) is 3. The van der Waals surface area contributed by atoms with Crippen molar-refractivity contribution in [3.05, 3.63) is 0 Å². The van der Waals surface area contributed by atoms with Gasteiger partial charge in [0.15, 0.2) is 5.79 Å². The third-order valence-corrected chi connectivity index (χ3v) is 12.9. The monoisotopic (exact) mass is 458 g/mol. The van der Waals surface area contributed by atoms with E-state index in [1.807, 2.05) is 6.92 Å². The fourth-order valence-corrected chi connectivity index (χ4v) is 11.0. The molecular formula is C30H48O3. The summed E-state index contributed by atoms with van der Waals surface area (Å²) in [6.45, 7) is 12.0. The van der Waals surface area contributed by atoms with Gasteiger partial charge in [0.05, 0.1) is 13.2 Å². The predicted molar refractivity (Wildman–Crippen MR) is 130 cm³/mol. The first-order valence-electron chi connectivity index (χ1n) is 15.3. The second kappa shape index (κ2) is 7.31. The van der Waals surface area contributed by atoms with Crippen LogP contribution in [-0.4, -0.2) is 24.8 Å². The van der Waals surface area contributed by atoms with Crippen molar-refractivity contribution in [1.82, 2.24) is 0 Å². The van der Waals surface area contributed by atoms with E-state index in [2.05, 4.69) is 27.7 Å². The van der Waals surface area contributed by atoms with Crippen LogP contribution in [-0.2, 0) is 14.3 Å². The Hall–Kier alpha value is -0.410. The Morgan fingerprint density at radius 2 is 1.76 bits per heavy atom. The zero-order valence-corrected chi connectivity index (χ0v) is 21.7. The SMILES string of the molecule is [2H]C([2H])C(C)[C@H](C)CC(=O)[C@@H](C)[C@H]1CC[C@H]2[C@@H]3CC4(OCCO4)[C@]45C[C@H]4CC[C@]5(C)[C@H]3CC[C@]12C. The molecular weight excluding hydrogens is 408 g/mol. The molecule has 3 heteroatoms. The molecule has 0 aromatic rings. The molecule has 0 amide bonds. The van der Waals surface area contributed by atoms with Gasteiger partial charge in [-0.2, -0.15) is 0 Å². The van der Waals surface area contributed by atoms with Crippen molar-refractivity contribution < 1.29 is 17.0 Å². The molecule has 11 atom stereocenters. The van der Waals surface area contributed by atoms with Gasteiger partial charge >= 0.3 is 0 Å². The van der Waals surface area contributed by atoms with Gasteiger partial charge in [-0.05, 0) is 97.2 Å². The van der Waals surface area contributed by atoms with Crippen LogP contribution in [0.5, 0.6) is 0 Å². The van der Waals surface area contributed by atoms with Gasteiger partial charge in [-0.15, -0.1) is 0 Å². The quantitative estimate of drug-likeness (QED) is 0.450. The van der Waals surface area contributed by atoms with Gasteiger partial charge in [-0.3, -0.25) is 4.79 Å². The zero-order valence-electron chi connectivity index (χ0n) is 23.7. The normalized spacial score (nSPS) is 52.8. The van der Waals surface area contributed by atoms with Crippen LogP contribution in [0.25, 0.3) is 0 Å². The maximum Gasteiger partial charge on any atom is 0.175 e. The average Bonchev–Trinajstić information content (AvgIpc) is 3.06. The number of carbonyl (C=O) groups is 1. The summed E-state index contributed by atoms with van der Waals surface area (Å²) < 4.78 is 28.8. The summed E-state index contributed by atoms with van der Waals surface area (Å²) in [7, 11) is 0. The molecule has 5 saturated carbocycles. The molecule has 0 bridgehead atoms. The number of ketones is 1. The lowest BCUT2D eigenvalue weighted by Crippen LogP contribution is -2.62. The van der Waals surface area contributed by atoms with Crippen LogP contribution < -0.4 is 0 Å². The summed E-state index contributed by atoms with van der Waals surface area (Å²) in [4.78, 5) is 13.5. The van der Waals surface area contributed by atoms with E-state index in [9.17, 15) is 4.79 Å². The van der Waals surface area contributed by atoms with Gasteiger partial charge in [0.1, 0.15) is 5.78 Å². The minimum atomic E-state index is -0.860. The third-order valence-electron chi connectivity index (χ3n) is 12.9.